The third-order valence-corrected chi connectivity index (χ3v) is 7.09. The summed E-state index contributed by atoms with van der Waals surface area (Å²) in [6.45, 7) is 0. The highest BCUT2D eigenvalue weighted by atomic mass is 32.2. The zero-order valence-corrected chi connectivity index (χ0v) is 19.5. The van der Waals surface area contributed by atoms with Gasteiger partial charge < -0.3 is 5.32 Å². The SMILES string of the molecule is O=C(Nc1ccc(S(=O)(=O)Nc2cccc3ccccc23)cc1)c1ccc(-c2ccccc2)cc1. The molecule has 0 aliphatic carbocycles. The normalized spacial score (nSPS) is 11.2. The molecule has 172 valence electrons. The molecule has 0 aliphatic heterocycles. The van der Waals surface area contributed by atoms with E-state index in [1.54, 1.807) is 30.3 Å². The van der Waals surface area contributed by atoms with Gasteiger partial charge in [-0.15, -0.1) is 0 Å². The average molecular weight is 479 g/mol. The Balaban J connectivity index is 1.29. The van der Waals surface area contributed by atoms with Crippen molar-refractivity contribution in [1.29, 1.82) is 0 Å². The molecule has 6 heteroatoms. The number of anilines is 2. The van der Waals surface area contributed by atoms with Gasteiger partial charge in [-0.05, 0) is 59.0 Å². The lowest BCUT2D eigenvalue weighted by Crippen LogP contribution is -2.14. The minimum absolute atomic E-state index is 0.107. The number of carbonyl (C=O) groups excluding carboxylic acids is 1. The van der Waals surface area contributed by atoms with E-state index in [9.17, 15) is 13.2 Å². The number of hydrogen-bond donors (Lipinski definition) is 2. The van der Waals surface area contributed by atoms with Crippen molar-refractivity contribution in [3.63, 3.8) is 0 Å². The Labute approximate surface area is 204 Å². The summed E-state index contributed by atoms with van der Waals surface area (Å²) in [6, 6.07) is 36.4. The molecule has 1 amide bonds. The van der Waals surface area contributed by atoms with E-state index in [1.807, 2.05) is 78.9 Å². The molecule has 0 atom stereocenters. The predicted molar refractivity (Wildman–Crippen MR) is 141 cm³/mol. The summed E-state index contributed by atoms with van der Waals surface area (Å²) >= 11 is 0. The van der Waals surface area contributed by atoms with Gasteiger partial charge in [0.05, 0.1) is 10.6 Å². The average Bonchev–Trinajstić information content (AvgIpc) is 2.90. The largest absolute Gasteiger partial charge is 0.322 e. The Kier molecular flexibility index (Phi) is 6.04. The van der Waals surface area contributed by atoms with Gasteiger partial charge in [-0.3, -0.25) is 9.52 Å². The van der Waals surface area contributed by atoms with E-state index in [0.717, 1.165) is 21.9 Å². The highest BCUT2D eigenvalue weighted by molar-refractivity contribution is 7.92. The molecule has 0 saturated carbocycles. The van der Waals surface area contributed by atoms with Gasteiger partial charge in [0.1, 0.15) is 0 Å². The van der Waals surface area contributed by atoms with Crippen molar-refractivity contribution in [2.75, 3.05) is 10.0 Å². The summed E-state index contributed by atoms with van der Waals surface area (Å²) in [4.78, 5) is 12.8. The molecule has 35 heavy (non-hydrogen) atoms. The van der Waals surface area contributed by atoms with E-state index < -0.39 is 10.0 Å². The zero-order valence-electron chi connectivity index (χ0n) is 18.7. The standard InChI is InChI=1S/C29H22N2O3S/c32-29(24-15-13-22(14-16-24)21-7-2-1-3-8-21)30-25-17-19-26(20-18-25)35(33,34)31-28-12-6-10-23-9-4-5-11-27(23)28/h1-20,31H,(H,30,32). The highest BCUT2D eigenvalue weighted by Gasteiger charge is 2.16. The molecule has 0 saturated heterocycles. The van der Waals surface area contributed by atoms with Gasteiger partial charge in [-0.25, -0.2) is 8.42 Å². The molecule has 0 radical (unpaired) electrons. The Hall–Kier alpha value is -4.42. The number of rotatable bonds is 6. The van der Waals surface area contributed by atoms with Gasteiger partial charge >= 0.3 is 0 Å². The smallest absolute Gasteiger partial charge is 0.261 e. The first kappa shape index (κ1) is 22.4. The van der Waals surface area contributed by atoms with Crippen molar-refractivity contribution in [3.8, 4) is 11.1 Å². The number of carbonyl (C=O) groups is 1. The van der Waals surface area contributed by atoms with E-state index in [4.69, 9.17) is 0 Å². The maximum Gasteiger partial charge on any atom is 0.261 e. The lowest BCUT2D eigenvalue weighted by molar-refractivity contribution is 0.102. The number of hydrogen-bond acceptors (Lipinski definition) is 3. The molecule has 2 N–H and O–H groups in total. The summed E-state index contributed by atoms with van der Waals surface area (Å²) in [6.07, 6.45) is 0. The van der Waals surface area contributed by atoms with E-state index in [-0.39, 0.29) is 10.8 Å². The molecule has 5 nitrogen and oxygen atoms in total. The minimum atomic E-state index is -3.80. The molecule has 0 fully saturated rings. The highest BCUT2D eigenvalue weighted by Crippen LogP contribution is 2.26. The topological polar surface area (TPSA) is 75.3 Å². The molecule has 0 aromatic heterocycles. The number of nitrogens with one attached hydrogen (secondary N) is 2. The summed E-state index contributed by atoms with van der Waals surface area (Å²) in [7, 11) is -3.80. The molecule has 0 heterocycles. The summed E-state index contributed by atoms with van der Waals surface area (Å²) in [5.74, 6) is -0.269. The first-order valence-electron chi connectivity index (χ1n) is 11.1. The van der Waals surface area contributed by atoms with Crippen LogP contribution in [0.4, 0.5) is 11.4 Å². The molecule has 0 spiro atoms. The lowest BCUT2D eigenvalue weighted by atomic mass is 10.0. The Morgan fingerprint density at radius 3 is 1.97 bits per heavy atom. The van der Waals surface area contributed by atoms with E-state index >= 15 is 0 Å². The van der Waals surface area contributed by atoms with Gasteiger partial charge in [0, 0.05) is 16.6 Å². The predicted octanol–water partition coefficient (Wildman–Crippen LogP) is 6.56. The first-order chi connectivity index (χ1) is 17.0. The van der Waals surface area contributed by atoms with Crippen LogP contribution in [-0.2, 0) is 10.0 Å². The van der Waals surface area contributed by atoms with Crippen LogP contribution in [0.25, 0.3) is 21.9 Å². The van der Waals surface area contributed by atoms with Gasteiger partial charge in [-0.1, -0.05) is 78.9 Å². The van der Waals surface area contributed by atoms with Crippen molar-refractivity contribution >= 4 is 38.1 Å². The van der Waals surface area contributed by atoms with Crippen LogP contribution in [0.1, 0.15) is 10.4 Å². The zero-order chi connectivity index (χ0) is 24.3. The lowest BCUT2D eigenvalue weighted by Gasteiger charge is -2.12. The van der Waals surface area contributed by atoms with Crippen molar-refractivity contribution in [1.82, 2.24) is 0 Å². The second-order valence-electron chi connectivity index (χ2n) is 8.05. The molecule has 5 rings (SSSR count). The van der Waals surface area contributed by atoms with Crippen molar-refractivity contribution < 1.29 is 13.2 Å². The summed E-state index contributed by atoms with van der Waals surface area (Å²) < 4.78 is 28.6. The molecular weight excluding hydrogens is 456 g/mol. The van der Waals surface area contributed by atoms with Crippen molar-refractivity contribution in [3.05, 3.63) is 127 Å². The second kappa shape index (κ2) is 9.44. The number of fused-ring (bicyclic) bond motifs is 1. The molecule has 5 aromatic rings. The fourth-order valence-corrected chi connectivity index (χ4v) is 4.96. The van der Waals surface area contributed by atoms with Crippen molar-refractivity contribution in [2.24, 2.45) is 0 Å². The van der Waals surface area contributed by atoms with Crippen LogP contribution in [0.2, 0.25) is 0 Å². The van der Waals surface area contributed by atoms with Gasteiger partial charge in [0.2, 0.25) is 0 Å². The van der Waals surface area contributed by atoms with Crippen LogP contribution >= 0.6 is 0 Å². The molecule has 5 aromatic carbocycles. The maximum absolute atomic E-state index is 13.0. The van der Waals surface area contributed by atoms with Crippen LogP contribution in [0.5, 0.6) is 0 Å². The second-order valence-corrected chi connectivity index (χ2v) is 9.74. The van der Waals surface area contributed by atoms with Crippen molar-refractivity contribution in [2.45, 2.75) is 4.90 Å². The Morgan fingerprint density at radius 1 is 0.600 bits per heavy atom. The Bertz CT molecular complexity index is 1590. The number of benzene rings is 5. The van der Waals surface area contributed by atoms with Crippen LogP contribution < -0.4 is 10.0 Å². The third kappa shape index (κ3) is 4.93. The molecule has 0 aliphatic rings. The minimum Gasteiger partial charge on any atom is -0.322 e. The van der Waals surface area contributed by atoms with Crippen LogP contribution in [0, 0.1) is 0 Å². The van der Waals surface area contributed by atoms with E-state index in [1.165, 1.54) is 12.1 Å². The Morgan fingerprint density at radius 2 is 1.23 bits per heavy atom. The van der Waals surface area contributed by atoms with E-state index in [2.05, 4.69) is 10.0 Å². The summed E-state index contributed by atoms with van der Waals surface area (Å²) in [5, 5.41) is 4.58. The number of amides is 1. The monoisotopic (exact) mass is 478 g/mol. The van der Waals surface area contributed by atoms with Gasteiger partial charge in [0.15, 0.2) is 0 Å². The third-order valence-electron chi connectivity index (χ3n) is 5.71. The number of sulfonamides is 1. The quantitative estimate of drug-likeness (QED) is 0.290. The maximum atomic E-state index is 13.0. The fraction of sp³-hybridized carbons (Fsp3) is 0. The molecule has 0 bridgehead atoms. The van der Waals surface area contributed by atoms with Crippen LogP contribution in [-0.4, -0.2) is 14.3 Å². The molecule has 0 unspecified atom stereocenters. The molecular formula is C29H22N2O3S. The summed E-state index contributed by atoms with van der Waals surface area (Å²) in [5.41, 5.74) is 3.63. The van der Waals surface area contributed by atoms with Crippen LogP contribution in [0.15, 0.2) is 126 Å². The van der Waals surface area contributed by atoms with E-state index in [0.29, 0.717) is 16.9 Å². The fourth-order valence-electron chi connectivity index (χ4n) is 3.88. The van der Waals surface area contributed by atoms with Gasteiger partial charge in [0.25, 0.3) is 15.9 Å². The first-order valence-corrected chi connectivity index (χ1v) is 12.6. The van der Waals surface area contributed by atoms with Gasteiger partial charge in [-0.2, -0.15) is 0 Å². The van der Waals surface area contributed by atoms with Crippen LogP contribution in [0.3, 0.4) is 0 Å².